The van der Waals surface area contributed by atoms with Gasteiger partial charge in [0, 0.05) is 11.5 Å². The molecule has 0 radical (unpaired) electrons. The second kappa shape index (κ2) is 16.3. The third-order valence-electron chi connectivity index (χ3n) is 10.6. The smallest absolute Gasteiger partial charge is 0.408 e. The molecule has 0 aliphatic carbocycles. The molecule has 0 spiro atoms. The van der Waals surface area contributed by atoms with E-state index in [1.165, 1.54) is 4.90 Å². The van der Waals surface area contributed by atoms with Gasteiger partial charge >= 0.3 is 6.09 Å². The summed E-state index contributed by atoms with van der Waals surface area (Å²) in [6, 6.07) is 39.9. The Hall–Kier alpha value is -6.14. The molecule has 6 aromatic rings. The summed E-state index contributed by atoms with van der Waals surface area (Å²) < 4.78 is 20.8. The van der Waals surface area contributed by atoms with E-state index in [0.717, 1.165) is 50.0 Å². The SMILES string of the molecule is C[C@H]1[C@@H](Cn2cnc3ccccc32)O[C@@H](c2ccc(-c3cccc(CN4C(=O)CC(NC(=O)OCc5ccccc5)C4=O)c3)cc2)O[C@H]1c1ccc(CO)cc1. The Labute approximate surface area is 324 Å². The van der Waals surface area contributed by atoms with Gasteiger partial charge in [0.25, 0.3) is 5.91 Å². The summed E-state index contributed by atoms with van der Waals surface area (Å²) in [6.45, 7) is 2.84. The van der Waals surface area contributed by atoms with Crippen molar-refractivity contribution in [2.24, 2.45) is 5.92 Å². The summed E-state index contributed by atoms with van der Waals surface area (Å²) in [5, 5.41) is 12.2. The Balaban J connectivity index is 0.955. The third kappa shape index (κ3) is 7.97. The number of nitrogens with one attached hydrogen (secondary N) is 1. The lowest BCUT2D eigenvalue weighted by molar-refractivity contribution is -0.276. The number of ether oxygens (including phenoxy) is 3. The minimum Gasteiger partial charge on any atom is -0.445 e. The van der Waals surface area contributed by atoms with Crippen LogP contribution < -0.4 is 5.32 Å². The number of carbonyl (C=O) groups excluding carboxylic acids is 3. The van der Waals surface area contributed by atoms with Crippen molar-refractivity contribution in [2.45, 2.75) is 64.2 Å². The van der Waals surface area contributed by atoms with E-state index >= 15 is 0 Å². The number of fused-ring (bicyclic) bond motifs is 1. The van der Waals surface area contributed by atoms with Crippen LogP contribution in [0, 0.1) is 5.92 Å². The van der Waals surface area contributed by atoms with Gasteiger partial charge in [-0.1, -0.05) is 116 Å². The van der Waals surface area contributed by atoms with Crippen LogP contribution in [0.4, 0.5) is 4.79 Å². The number of imidazole rings is 1. The summed E-state index contributed by atoms with van der Waals surface area (Å²) in [4.78, 5) is 44.3. The first-order chi connectivity index (χ1) is 27.3. The number of nitrogens with zero attached hydrogens (tertiary/aromatic N) is 3. The molecule has 11 nitrogen and oxygen atoms in total. The molecule has 3 heterocycles. The molecule has 3 amide bonds. The van der Waals surface area contributed by atoms with Gasteiger partial charge in [-0.25, -0.2) is 9.78 Å². The topological polar surface area (TPSA) is 132 Å². The molecule has 5 aromatic carbocycles. The van der Waals surface area contributed by atoms with Crippen LogP contribution in [-0.4, -0.2) is 49.6 Å². The molecule has 11 heteroatoms. The lowest BCUT2D eigenvalue weighted by atomic mass is 9.90. The first-order valence-corrected chi connectivity index (χ1v) is 18.7. The van der Waals surface area contributed by atoms with Crippen molar-refractivity contribution in [3.8, 4) is 11.1 Å². The van der Waals surface area contributed by atoms with Gasteiger partial charge in [-0.2, -0.15) is 0 Å². The zero-order valence-corrected chi connectivity index (χ0v) is 30.9. The van der Waals surface area contributed by atoms with Gasteiger partial charge in [-0.3, -0.25) is 14.5 Å². The van der Waals surface area contributed by atoms with Crippen LogP contribution in [0.2, 0.25) is 0 Å². The number of hydrogen-bond acceptors (Lipinski definition) is 8. The number of likely N-dealkylation sites (tertiary alicyclic amines) is 1. The number of aliphatic hydroxyl groups is 1. The van der Waals surface area contributed by atoms with Gasteiger partial charge in [0.05, 0.1) is 55.7 Å². The molecular weight excluding hydrogens is 709 g/mol. The molecule has 8 rings (SSSR count). The molecule has 0 bridgehead atoms. The fourth-order valence-electron chi connectivity index (χ4n) is 7.41. The van der Waals surface area contributed by atoms with Crippen molar-refractivity contribution >= 4 is 28.9 Å². The molecular formula is C45H42N4O7. The molecule has 284 valence electrons. The number of carbonyl (C=O) groups is 3. The van der Waals surface area contributed by atoms with E-state index in [-0.39, 0.29) is 50.2 Å². The molecule has 5 atom stereocenters. The minimum atomic E-state index is -0.980. The highest BCUT2D eigenvalue weighted by molar-refractivity contribution is 6.06. The van der Waals surface area contributed by atoms with Crippen LogP contribution in [0.3, 0.4) is 0 Å². The number of benzene rings is 5. The first kappa shape index (κ1) is 36.8. The van der Waals surface area contributed by atoms with Gasteiger partial charge < -0.3 is 29.2 Å². The maximum atomic E-state index is 13.2. The quantitative estimate of drug-likeness (QED) is 0.133. The van der Waals surface area contributed by atoms with Crippen molar-refractivity contribution in [1.82, 2.24) is 19.8 Å². The van der Waals surface area contributed by atoms with E-state index in [9.17, 15) is 19.5 Å². The molecule has 1 unspecified atom stereocenters. The van der Waals surface area contributed by atoms with Crippen molar-refractivity contribution in [1.29, 1.82) is 0 Å². The summed E-state index contributed by atoms with van der Waals surface area (Å²) in [5.74, 6) is -0.823. The molecule has 2 aliphatic rings. The second-order valence-corrected chi connectivity index (χ2v) is 14.3. The van der Waals surface area contributed by atoms with E-state index in [1.807, 2.05) is 128 Å². The number of rotatable bonds is 11. The van der Waals surface area contributed by atoms with Crippen molar-refractivity contribution in [3.05, 3.63) is 162 Å². The number of aromatic nitrogens is 2. The van der Waals surface area contributed by atoms with Crippen LogP contribution in [-0.2, 0) is 50.1 Å². The standard InChI is InChI=1S/C45H42N4O7/c1-29-40(25-48-28-46-37-12-5-6-13-39(37)48)55-44(56-42(29)34-16-14-30(26-50)15-17-34)35-20-18-33(19-21-35)36-11-7-10-32(22-36)24-49-41(51)23-38(43(49)52)47-45(53)54-27-31-8-3-2-4-9-31/h2-22,28-29,38,40,42,44,50H,23-27H2,1H3,(H,47,53)/t29-,38?,40+,42+,44+/m0/s1. The van der Waals surface area contributed by atoms with Gasteiger partial charge in [-0.15, -0.1) is 0 Å². The van der Waals surface area contributed by atoms with Crippen LogP contribution in [0.25, 0.3) is 22.2 Å². The minimum absolute atomic E-state index is 0.00305. The Morgan fingerprint density at radius 2 is 1.55 bits per heavy atom. The lowest BCUT2D eigenvalue weighted by Gasteiger charge is -2.41. The van der Waals surface area contributed by atoms with Crippen molar-refractivity contribution in [2.75, 3.05) is 0 Å². The second-order valence-electron chi connectivity index (χ2n) is 14.3. The van der Waals surface area contributed by atoms with Crippen LogP contribution in [0.1, 0.15) is 53.6 Å². The highest BCUT2D eigenvalue weighted by atomic mass is 16.7. The predicted octanol–water partition coefficient (Wildman–Crippen LogP) is 7.24. The Morgan fingerprint density at radius 1 is 0.821 bits per heavy atom. The van der Waals surface area contributed by atoms with Gasteiger partial charge in [0.1, 0.15) is 12.6 Å². The van der Waals surface area contributed by atoms with Gasteiger partial charge in [-0.05, 0) is 51.6 Å². The average Bonchev–Trinajstić information content (AvgIpc) is 3.76. The number of hydrogen-bond donors (Lipinski definition) is 2. The fourth-order valence-corrected chi connectivity index (χ4v) is 7.41. The molecule has 56 heavy (non-hydrogen) atoms. The van der Waals surface area contributed by atoms with E-state index in [1.54, 1.807) is 0 Å². The van der Waals surface area contributed by atoms with E-state index in [2.05, 4.69) is 27.9 Å². The maximum absolute atomic E-state index is 13.2. The average molecular weight is 751 g/mol. The largest absolute Gasteiger partial charge is 0.445 e. The van der Waals surface area contributed by atoms with E-state index in [0.29, 0.717) is 6.54 Å². The zero-order chi connectivity index (χ0) is 38.6. The molecule has 1 aromatic heterocycles. The highest BCUT2D eigenvalue weighted by Crippen LogP contribution is 2.42. The van der Waals surface area contributed by atoms with E-state index in [4.69, 9.17) is 14.2 Å². The molecule has 0 saturated carbocycles. The number of imide groups is 1. The number of para-hydroxylation sites is 2. The third-order valence-corrected chi connectivity index (χ3v) is 10.6. The number of aliphatic hydroxyl groups excluding tert-OH is 1. The van der Waals surface area contributed by atoms with Crippen molar-refractivity contribution < 1.29 is 33.7 Å². The van der Waals surface area contributed by atoms with Crippen LogP contribution in [0.5, 0.6) is 0 Å². The summed E-state index contributed by atoms with van der Waals surface area (Å²) >= 11 is 0. The first-order valence-electron chi connectivity index (χ1n) is 18.7. The lowest BCUT2D eigenvalue weighted by Crippen LogP contribution is -2.41. The van der Waals surface area contributed by atoms with Gasteiger partial charge in [0.2, 0.25) is 5.91 Å². The predicted molar refractivity (Wildman–Crippen MR) is 208 cm³/mol. The number of alkyl carbamates (subject to hydrolysis) is 1. The Bertz CT molecular complexity index is 2330. The van der Waals surface area contributed by atoms with Crippen LogP contribution in [0.15, 0.2) is 134 Å². The molecule has 2 saturated heterocycles. The highest BCUT2D eigenvalue weighted by Gasteiger charge is 2.40. The summed E-state index contributed by atoms with van der Waals surface area (Å²) in [7, 11) is 0. The van der Waals surface area contributed by atoms with Gasteiger partial charge in [0.15, 0.2) is 6.29 Å². The van der Waals surface area contributed by atoms with E-state index < -0.39 is 24.3 Å². The summed E-state index contributed by atoms with van der Waals surface area (Å²) in [6.07, 6.45) is -0.120. The molecule has 2 N–H and O–H groups in total. The Morgan fingerprint density at radius 3 is 2.34 bits per heavy atom. The normalized spacial score (nSPS) is 21.0. The fraction of sp³-hybridized carbons (Fsp3) is 0.244. The van der Waals surface area contributed by atoms with Crippen molar-refractivity contribution in [3.63, 3.8) is 0 Å². The molecule has 2 fully saturated rings. The summed E-state index contributed by atoms with van der Waals surface area (Å²) in [5.41, 5.74) is 8.13. The zero-order valence-electron chi connectivity index (χ0n) is 30.9. The maximum Gasteiger partial charge on any atom is 0.408 e. The monoisotopic (exact) mass is 750 g/mol. The Kier molecular flexibility index (Phi) is 10.7. The van der Waals surface area contributed by atoms with Crippen LogP contribution >= 0.6 is 0 Å². The molecule has 2 aliphatic heterocycles. The number of amides is 3.